The molecule has 3 aromatic rings. The number of anilines is 1. The number of carbonyl (C=O) groups is 3. The molecule has 0 unspecified atom stereocenters. The fourth-order valence-electron chi connectivity index (χ4n) is 5.54. The molecule has 1 aliphatic heterocycles. The molecule has 2 N–H and O–H groups in total. The summed E-state index contributed by atoms with van der Waals surface area (Å²) in [6.45, 7) is 3.54. The van der Waals surface area contributed by atoms with Crippen LogP contribution in [-0.2, 0) is 38.4 Å². The van der Waals surface area contributed by atoms with Gasteiger partial charge in [-0.3, -0.25) is 24.7 Å². The summed E-state index contributed by atoms with van der Waals surface area (Å²) in [5, 5.41) is 23.5. The highest BCUT2D eigenvalue weighted by atomic mass is 16.5. The second-order valence-corrected chi connectivity index (χ2v) is 10.7. The Morgan fingerprint density at radius 1 is 1.07 bits per heavy atom. The summed E-state index contributed by atoms with van der Waals surface area (Å²) in [5.41, 5.74) is 3.24. The van der Waals surface area contributed by atoms with E-state index >= 15 is 0 Å². The molecular formula is C30H36N6O6. The first-order chi connectivity index (χ1) is 20.4. The molecule has 1 aromatic heterocycles. The van der Waals surface area contributed by atoms with Crippen molar-refractivity contribution in [2.75, 3.05) is 43.2 Å². The summed E-state index contributed by atoms with van der Waals surface area (Å²) in [4.78, 5) is 41.7. The number of benzene rings is 2. The van der Waals surface area contributed by atoms with E-state index in [1.54, 1.807) is 13.1 Å². The molecule has 2 atom stereocenters. The Morgan fingerprint density at radius 3 is 2.40 bits per heavy atom. The van der Waals surface area contributed by atoms with Crippen LogP contribution in [0.3, 0.4) is 0 Å². The Morgan fingerprint density at radius 2 is 1.74 bits per heavy atom. The maximum absolute atomic E-state index is 13.7. The van der Waals surface area contributed by atoms with Crippen molar-refractivity contribution < 1.29 is 33.5 Å². The van der Waals surface area contributed by atoms with Crippen LogP contribution in [0.4, 0.5) is 5.88 Å². The first-order valence-electron chi connectivity index (χ1n) is 14.3. The van der Waals surface area contributed by atoms with Crippen molar-refractivity contribution in [1.82, 2.24) is 15.5 Å². The highest BCUT2D eigenvalue weighted by Crippen LogP contribution is 2.26. The second kappa shape index (κ2) is 13.6. The number of morpholine rings is 1. The standard InChI is InChI=1S/C30H36N6O6/c1-21(30(40)35(20-28(37)38)25-17-23-9-5-6-10-24(23)18-25)31-26(12-11-22-7-3-2-4-8-22)29(39)32-27-19-36(33-42-27)34-13-15-41-16-14-34/h2-10,19,21,25-26,31H,11-18,20H2,1H3,(H-,32,33,37,38,39)/t21-,26-/m0/s1. The van der Waals surface area contributed by atoms with Crippen LogP contribution >= 0.6 is 0 Å². The van der Waals surface area contributed by atoms with Crippen molar-refractivity contribution in [2.24, 2.45) is 0 Å². The maximum atomic E-state index is 13.7. The van der Waals surface area contributed by atoms with Gasteiger partial charge in [0.15, 0.2) is 0 Å². The third-order valence-electron chi connectivity index (χ3n) is 7.73. The number of carboxylic acid groups (broad SMARTS) is 1. The molecule has 2 amide bonds. The van der Waals surface area contributed by atoms with E-state index in [9.17, 15) is 19.5 Å². The molecule has 12 nitrogen and oxygen atoms in total. The molecule has 1 aliphatic carbocycles. The molecule has 12 heteroatoms. The Balaban J connectivity index is 1.28. The lowest BCUT2D eigenvalue weighted by atomic mass is 10.0. The molecule has 2 heterocycles. The topological polar surface area (TPSA) is 144 Å². The van der Waals surface area contributed by atoms with Gasteiger partial charge in [0.25, 0.3) is 6.20 Å². The summed E-state index contributed by atoms with van der Waals surface area (Å²) in [6.07, 6.45) is 3.69. The van der Waals surface area contributed by atoms with Gasteiger partial charge in [-0.1, -0.05) is 54.6 Å². The molecule has 2 aliphatic rings. The average Bonchev–Trinajstić information content (AvgIpc) is 3.65. The third kappa shape index (κ3) is 7.31. The van der Waals surface area contributed by atoms with Crippen molar-refractivity contribution in [2.45, 2.75) is 50.7 Å². The van der Waals surface area contributed by atoms with Gasteiger partial charge in [-0.15, -0.1) is 5.01 Å². The summed E-state index contributed by atoms with van der Waals surface area (Å²) < 4.78 is 10.7. The lowest BCUT2D eigenvalue weighted by Gasteiger charge is -2.33. The number of nitrogens with one attached hydrogen (secondary N) is 2. The molecular weight excluding hydrogens is 540 g/mol. The fraction of sp³-hybridized carbons (Fsp3) is 0.433. The lowest BCUT2D eigenvalue weighted by Crippen LogP contribution is -2.62. The molecule has 0 saturated carbocycles. The molecule has 5 rings (SSSR count). The van der Waals surface area contributed by atoms with E-state index in [4.69, 9.17) is 9.26 Å². The van der Waals surface area contributed by atoms with Crippen LogP contribution in [0.15, 0.2) is 65.3 Å². The monoisotopic (exact) mass is 576 g/mol. The normalized spacial score (nSPS) is 16.5. The molecule has 222 valence electrons. The Hall–Kier alpha value is -4.29. The second-order valence-electron chi connectivity index (χ2n) is 10.7. The van der Waals surface area contributed by atoms with Crippen LogP contribution in [0, 0.1) is 0 Å². The number of amides is 2. The first-order valence-corrected chi connectivity index (χ1v) is 14.3. The van der Waals surface area contributed by atoms with E-state index in [1.807, 2.05) is 59.6 Å². The van der Waals surface area contributed by atoms with Crippen molar-refractivity contribution in [3.63, 3.8) is 0 Å². The molecule has 0 radical (unpaired) electrons. The summed E-state index contributed by atoms with van der Waals surface area (Å²) in [5.74, 6) is -1.96. The average molecular weight is 577 g/mol. The van der Waals surface area contributed by atoms with Gasteiger partial charge < -0.3 is 19.5 Å². The zero-order valence-electron chi connectivity index (χ0n) is 23.6. The number of carbonyl (C=O) groups excluding carboxylic acids is 3. The smallest absolute Gasteiger partial charge is 0.305 e. The predicted molar refractivity (Wildman–Crippen MR) is 150 cm³/mol. The van der Waals surface area contributed by atoms with Crippen LogP contribution in [0.25, 0.3) is 0 Å². The number of rotatable bonds is 12. The van der Waals surface area contributed by atoms with Gasteiger partial charge in [-0.2, -0.15) is 0 Å². The van der Waals surface area contributed by atoms with E-state index in [2.05, 4.69) is 15.9 Å². The zero-order valence-corrected chi connectivity index (χ0v) is 23.6. The number of carboxylic acids is 1. The van der Waals surface area contributed by atoms with Gasteiger partial charge in [0.05, 0.1) is 55.7 Å². The number of aryl methyl sites for hydroxylation is 1. The Bertz CT molecular complexity index is 1350. The van der Waals surface area contributed by atoms with E-state index in [0.29, 0.717) is 52.0 Å². The number of aliphatic carboxylic acids is 1. The molecule has 2 aromatic carbocycles. The SMILES string of the molecule is C[C@H](N[C@@H](CCc1ccccc1)C(=O)Nc1c[n+](N2CCOCC2)no1)C(=O)N(CC(=O)[O-])C1Cc2ccccc2C1. The first kappa shape index (κ1) is 29.2. The predicted octanol–water partition coefficient (Wildman–Crippen LogP) is -0.406. The van der Waals surface area contributed by atoms with Crippen molar-refractivity contribution in [3.05, 3.63) is 77.5 Å². The summed E-state index contributed by atoms with van der Waals surface area (Å²) >= 11 is 0. The van der Waals surface area contributed by atoms with Gasteiger partial charge in [-0.25, -0.2) is 0 Å². The molecule has 1 fully saturated rings. The number of ether oxygens (including phenoxy) is 1. The van der Waals surface area contributed by atoms with E-state index in [0.717, 1.165) is 16.7 Å². The van der Waals surface area contributed by atoms with Crippen LogP contribution in [0.5, 0.6) is 0 Å². The van der Waals surface area contributed by atoms with Gasteiger partial charge >= 0.3 is 5.88 Å². The largest absolute Gasteiger partial charge is 0.548 e. The Kier molecular flexibility index (Phi) is 9.45. The van der Waals surface area contributed by atoms with Crippen molar-refractivity contribution in [3.8, 4) is 0 Å². The highest BCUT2D eigenvalue weighted by molar-refractivity contribution is 5.94. The quantitative estimate of drug-likeness (QED) is 0.275. The van der Waals surface area contributed by atoms with Gasteiger partial charge in [-0.05, 0) is 49.3 Å². The minimum absolute atomic E-state index is 0.166. The van der Waals surface area contributed by atoms with E-state index < -0.39 is 36.4 Å². The van der Waals surface area contributed by atoms with E-state index in [1.165, 1.54) is 9.69 Å². The van der Waals surface area contributed by atoms with Crippen LogP contribution in [-0.4, -0.2) is 78.9 Å². The zero-order chi connectivity index (χ0) is 29.5. The third-order valence-corrected chi connectivity index (χ3v) is 7.73. The fourth-order valence-corrected chi connectivity index (χ4v) is 5.54. The van der Waals surface area contributed by atoms with Crippen molar-refractivity contribution >= 4 is 23.7 Å². The number of fused-ring (bicyclic) bond motifs is 1. The minimum Gasteiger partial charge on any atom is -0.548 e. The maximum Gasteiger partial charge on any atom is 0.305 e. The number of hydrogen-bond acceptors (Lipinski definition) is 9. The van der Waals surface area contributed by atoms with Crippen LogP contribution in [0.2, 0.25) is 0 Å². The minimum atomic E-state index is -1.33. The molecule has 0 spiro atoms. The summed E-state index contributed by atoms with van der Waals surface area (Å²) in [6, 6.07) is 15.7. The molecule has 42 heavy (non-hydrogen) atoms. The highest BCUT2D eigenvalue weighted by Gasteiger charge is 2.34. The van der Waals surface area contributed by atoms with Crippen molar-refractivity contribution in [1.29, 1.82) is 0 Å². The van der Waals surface area contributed by atoms with Gasteiger partial charge in [0, 0.05) is 6.04 Å². The molecule has 1 saturated heterocycles. The summed E-state index contributed by atoms with van der Waals surface area (Å²) in [7, 11) is 0. The molecule has 0 bridgehead atoms. The van der Waals surface area contributed by atoms with E-state index in [-0.39, 0.29) is 11.9 Å². The van der Waals surface area contributed by atoms with Crippen LogP contribution in [0.1, 0.15) is 30.0 Å². The Labute approximate surface area is 244 Å². The number of hydrogen-bond donors (Lipinski definition) is 2. The lowest BCUT2D eigenvalue weighted by molar-refractivity contribution is -0.759. The van der Waals surface area contributed by atoms with Gasteiger partial charge in [0.1, 0.15) is 0 Å². The number of aromatic nitrogens is 2. The number of nitrogens with zero attached hydrogens (tertiary/aromatic N) is 4. The van der Waals surface area contributed by atoms with Gasteiger partial charge in [0.2, 0.25) is 17.1 Å². The van der Waals surface area contributed by atoms with Crippen LogP contribution < -0.4 is 25.5 Å².